The van der Waals surface area contributed by atoms with Crippen LogP contribution >= 0.6 is 0 Å². The summed E-state index contributed by atoms with van der Waals surface area (Å²) in [4.78, 5) is 29.1. The minimum absolute atomic E-state index is 0.0354. The van der Waals surface area contributed by atoms with Crippen LogP contribution in [0.15, 0.2) is 23.1 Å². The first-order chi connectivity index (χ1) is 11.0. The summed E-state index contributed by atoms with van der Waals surface area (Å²) in [6.45, 7) is 3.89. The number of hydrogen-bond donors (Lipinski definition) is 2. The van der Waals surface area contributed by atoms with Gasteiger partial charge in [-0.05, 0) is 37.3 Å². The Kier molecular flexibility index (Phi) is 4.07. The number of hydrogen-bond acceptors (Lipinski definition) is 4. The topological polar surface area (TPSA) is 83.7 Å². The number of nitrogens with one attached hydrogen (secondary N) is 1. The lowest BCUT2D eigenvalue weighted by Crippen LogP contribution is -2.43. The summed E-state index contributed by atoms with van der Waals surface area (Å²) in [5.41, 5.74) is 0.286. The molecule has 2 heterocycles. The monoisotopic (exact) mass is 315 g/mol. The molecule has 0 unspecified atom stereocenters. The molecule has 1 saturated carbocycles. The van der Waals surface area contributed by atoms with Gasteiger partial charge in [0.25, 0.3) is 11.5 Å². The van der Waals surface area contributed by atoms with E-state index in [0.717, 1.165) is 31.2 Å². The molecule has 6 heteroatoms. The Balaban J connectivity index is 1.99. The van der Waals surface area contributed by atoms with Gasteiger partial charge in [0.1, 0.15) is 5.65 Å². The lowest BCUT2D eigenvalue weighted by Gasteiger charge is -2.29. The van der Waals surface area contributed by atoms with Crippen LogP contribution in [0.4, 0.5) is 0 Å². The number of nitrogens with zero attached hydrogens (tertiary/aromatic N) is 2. The first-order valence-electron chi connectivity index (χ1n) is 8.01. The van der Waals surface area contributed by atoms with Gasteiger partial charge < -0.3 is 10.4 Å². The number of carbonyl (C=O) groups is 1. The largest absolute Gasteiger partial charge is 0.493 e. The summed E-state index contributed by atoms with van der Waals surface area (Å²) in [6, 6.07) is 3.55. The molecular formula is C17H21N3O3. The van der Waals surface area contributed by atoms with Crippen molar-refractivity contribution in [2.45, 2.75) is 45.6 Å². The maximum Gasteiger partial charge on any atom is 0.274 e. The predicted octanol–water partition coefficient (Wildman–Crippen LogP) is 2.02. The van der Waals surface area contributed by atoms with E-state index in [4.69, 9.17) is 0 Å². The molecule has 1 amide bonds. The molecule has 1 fully saturated rings. The third-order valence-electron chi connectivity index (χ3n) is 4.69. The first-order valence-corrected chi connectivity index (χ1v) is 8.01. The predicted molar refractivity (Wildman–Crippen MR) is 86.8 cm³/mol. The molecule has 0 aliphatic heterocycles. The maximum absolute atomic E-state index is 12.6. The van der Waals surface area contributed by atoms with E-state index >= 15 is 0 Å². The molecule has 0 aromatic carbocycles. The third-order valence-corrected chi connectivity index (χ3v) is 4.69. The van der Waals surface area contributed by atoms with Crippen molar-refractivity contribution in [3.05, 3.63) is 39.8 Å². The molecule has 6 nitrogen and oxygen atoms in total. The van der Waals surface area contributed by atoms with E-state index < -0.39 is 17.3 Å². The Morgan fingerprint density at radius 3 is 2.87 bits per heavy atom. The van der Waals surface area contributed by atoms with Gasteiger partial charge in [-0.2, -0.15) is 4.98 Å². The van der Waals surface area contributed by atoms with Crippen LogP contribution in [0, 0.1) is 12.8 Å². The number of amides is 1. The average Bonchev–Trinajstić information content (AvgIpc) is 2.51. The average molecular weight is 315 g/mol. The molecule has 0 spiro atoms. The minimum Gasteiger partial charge on any atom is -0.493 e. The van der Waals surface area contributed by atoms with Crippen molar-refractivity contribution in [1.29, 1.82) is 0 Å². The number of fused-ring (bicyclic) bond motifs is 1. The molecular weight excluding hydrogens is 294 g/mol. The van der Waals surface area contributed by atoms with Crippen LogP contribution in [-0.4, -0.2) is 26.4 Å². The SMILES string of the molecule is Cc1cccn2c(=O)c(C(=O)N[C@H]3CCCC[C@@H]3C)c(O)nc12. The lowest BCUT2D eigenvalue weighted by molar-refractivity contribution is 0.0905. The van der Waals surface area contributed by atoms with E-state index in [1.165, 1.54) is 4.40 Å². The van der Waals surface area contributed by atoms with Crippen molar-refractivity contribution in [3.8, 4) is 5.88 Å². The van der Waals surface area contributed by atoms with Crippen LogP contribution in [0.25, 0.3) is 5.65 Å². The van der Waals surface area contributed by atoms with Gasteiger partial charge >= 0.3 is 0 Å². The lowest BCUT2D eigenvalue weighted by atomic mass is 9.86. The zero-order valence-electron chi connectivity index (χ0n) is 13.4. The highest BCUT2D eigenvalue weighted by atomic mass is 16.3. The quantitative estimate of drug-likeness (QED) is 0.888. The summed E-state index contributed by atoms with van der Waals surface area (Å²) in [7, 11) is 0. The van der Waals surface area contributed by atoms with Gasteiger partial charge in [0.2, 0.25) is 5.88 Å². The zero-order chi connectivity index (χ0) is 16.6. The molecule has 122 valence electrons. The van der Waals surface area contributed by atoms with Crippen molar-refractivity contribution in [2.75, 3.05) is 0 Å². The van der Waals surface area contributed by atoms with Crippen LogP contribution in [0.3, 0.4) is 0 Å². The van der Waals surface area contributed by atoms with Crippen molar-refractivity contribution < 1.29 is 9.90 Å². The fourth-order valence-electron chi connectivity index (χ4n) is 3.26. The second-order valence-electron chi connectivity index (χ2n) is 6.34. The highest BCUT2D eigenvalue weighted by molar-refractivity contribution is 5.96. The van der Waals surface area contributed by atoms with Crippen LogP contribution in [0.2, 0.25) is 0 Å². The van der Waals surface area contributed by atoms with Crippen LogP contribution in [-0.2, 0) is 0 Å². The van der Waals surface area contributed by atoms with Gasteiger partial charge in [0.15, 0.2) is 5.56 Å². The van der Waals surface area contributed by atoms with E-state index in [0.29, 0.717) is 11.6 Å². The summed E-state index contributed by atoms with van der Waals surface area (Å²) in [5.74, 6) is -0.687. The molecule has 0 radical (unpaired) electrons. The maximum atomic E-state index is 12.6. The van der Waals surface area contributed by atoms with Crippen LogP contribution < -0.4 is 10.9 Å². The van der Waals surface area contributed by atoms with Gasteiger partial charge in [-0.1, -0.05) is 25.8 Å². The summed E-state index contributed by atoms with van der Waals surface area (Å²) in [5, 5.41) is 13.0. The molecule has 3 rings (SSSR count). The normalized spacial score (nSPS) is 21.3. The molecule has 2 aromatic heterocycles. The summed E-state index contributed by atoms with van der Waals surface area (Å²) < 4.78 is 1.30. The smallest absolute Gasteiger partial charge is 0.274 e. The van der Waals surface area contributed by atoms with E-state index in [1.807, 2.05) is 0 Å². The minimum atomic E-state index is -0.547. The highest BCUT2D eigenvalue weighted by Gasteiger charge is 2.27. The van der Waals surface area contributed by atoms with E-state index in [-0.39, 0.29) is 11.6 Å². The fraction of sp³-hybridized carbons (Fsp3) is 0.471. The van der Waals surface area contributed by atoms with E-state index in [9.17, 15) is 14.7 Å². The number of aromatic hydroxyl groups is 1. The molecule has 1 aliphatic rings. The zero-order valence-corrected chi connectivity index (χ0v) is 13.4. The van der Waals surface area contributed by atoms with Gasteiger partial charge in [-0.3, -0.25) is 14.0 Å². The summed E-state index contributed by atoms with van der Waals surface area (Å²) >= 11 is 0. The molecule has 23 heavy (non-hydrogen) atoms. The third kappa shape index (κ3) is 2.81. The van der Waals surface area contributed by atoms with E-state index in [2.05, 4.69) is 17.2 Å². The fourth-order valence-corrected chi connectivity index (χ4v) is 3.26. The Morgan fingerprint density at radius 1 is 1.39 bits per heavy atom. The second-order valence-corrected chi connectivity index (χ2v) is 6.34. The Labute approximate surface area is 134 Å². The highest BCUT2D eigenvalue weighted by Crippen LogP contribution is 2.24. The number of aromatic nitrogens is 2. The van der Waals surface area contributed by atoms with Crippen LogP contribution in [0.5, 0.6) is 5.88 Å². The molecule has 0 saturated heterocycles. The first kappa shape index (κ1) is 15.5. The van der Waals surface area contributed by atoms with Crippen molar-refractivity contribution in [1.82, 2.24) is 14.7 Å². The van der Waals surface area contributed by atoms with Crippen molar-refractivity contribution in [2.24, 2.45) is 5.92 Å². The van der Waals surface area contributed by atoms with Gasteiger partial charge in [0.05, 0.1) is 0 Å². The van der Waals surface area contributed by atoms with Crippen molar-refractivity contribution in [3.63, 3.8) is 0 Å². The Hall–Kier alpha value is -2.37. The van der Waals surface area contributed by atoms with Crippen LogP contribution in [0.1, 0.15) is 48.5 Å². The Bertz CT molecular complexity index is 813. The van der Waals surface area contributed by atoms with Gasteiger partial charge in [-0.15, -0.1) is 0 Å². The molecule has 1 aliphatic carbocycles. The number of carbonyl (C=O) groups excluding carboxylic acids is 1. The van der Waals surface area contributed by atoms with Gasteiger partial charge in [-0.25, -0.2) is 0 Å². The van der Waals surface area contributed by atoms with E-state index in [1.54, 1.807) is 25.3 Å². The molecule has 2 N–H and O–H groups in total. The molecule has 0 bridgehead atoms. The number of rotatable bonds is 2. The molecule has 2 atom stereocenters. The standard InChI is InChI=1S/C17H21N3O3/c1-10-6-3-4-8-12(10)18-15(21)13-16(22)19-14-11(2)7-5-9-20(14)17(13)23/h5,7,9-10,12,22H,3-4,6,8H2,1-2H3,(H,18,21)/t10-,12-/m0/s1. The number of pyridine rings is 1. The summed E-state index contributed by atoms with van der Waals surface area (Å²) in [6.07, 6.45) is 5.74. The Morgan fingerprint density at radius 2 is 2.13 bits per heavy atom. The molecule has 2 aromatic rings. The number of aryl methyl sites for hydroxylation is 1. The van der Waals surface area contributed by atoms with Gasteiger partial charge in [0, 0.05) is 12.2 Å². The second kappa shape index (κ2) is 6.02. The van der Waals surface area contributed by atoms with Crippen molar-refractivity contribution >= 4 is 11.6 Å².